The molecule has 0 atom stereocenters. The fourth-order valence-corrected chi connectivity index (χ4v) is 4.96. The predicted octanol–water partition coefficient (Wildman–Crippen LogP) is 4.19. The van der Waals surface area contributed by atoms with Gasteiger partial charge in [-0.25, -0.2) is 4.99 Å². The number of halogens is 1. The largest absolute Gasteiger partial charge is 0.484 e. The smallest absolute Gasteiger partial charge is 0.255 e. The first kappa shape index (κ1) is 25.5. The fraction of sp³-hybridized carbons (Fsp3) is 0.478. The van der Waals surface area contributed by atoms with Crippen LogP contribution in [-0.4, -0.2) is 31.6 Å². The Balaban J connectivity index is 0.00000341. The number of rotatable bonds is 9. The zero-order chi connectivity index (χ0) is 21.2. The minimum atomic E-state index is -0.487. The Kier molecular flexibility index (Phi) is 10.6. The third kappa shape index (κ3) is 7.68. The number of nitrogens with two attached hydrogens (primary N) is 1. The van der Waals surface area contributed by atoms with Crippen LogP contribution in [0.15, 0.2) is 46.8 Å². The molecule has 0 radical (unpaired) electrons. The Hall–Kier alpha value is -1.81. The third-order valence-corrected chi connectivity index (χ3v) is 6.61. The van der Waals surface area contributed by atoms with Crippen LogP contribution in [0, 0.1) is 0 Å². The van der Waals surface area contributed by atoms with Crippen molar-refractivity contribution in [3.63, 3.8) is 0 Å². The van der Waals surface area contributed by atoms with E-state index in [1.54, 1.807) is 0 Å². The van der Waals surface area contributed by atoms with Gasteiger partial charge in [-0.2, -0.15) is 0 Å². The van der Waals surface area contributed by atoms with E-state index in [0.717, 1.165) is 24.6 Å². The number of guanidine groups is 1. The third-order valence-electron chi connectivity index (χ3n) is 5.49. The van der Waals surface area contributed by atoms with Crippen molar-refractivity contribution in [3.05, 3.63) is 52.2 Å². The van der Waals surface area contributed by atoms with Gasteiger partial charge in [0.05, 0.1) is 6.54 Å². The molecular formula is C23H33IN4O2S. The molecule has 3 rings (SSSR count). The van der Waals surface area contributed by atoms with Gasteiger partial charge in [0.2, 0.25) is 0 Å². The zero-order valence-corrected chi connectivity index (χ0v) is 21.2. The second-order valence-electron chi connectivity index (χ2n) is 7.77. The van der Waals surface area contributed by atoms with Crippen LogP contribution in [-0.2, 0) is 16.8 Å². The highest BCUT2D eigenvalue weighted by Gasteiger charge is 2.34. The van der Waals surface area contributed by atoms with Crippen LogP contribution in [0.1, 0.15) is 49.5 Å². The van der Waals surface area contributed by atoms with Crippen molar-refractivity contribution in [3.8, 4) is 5.75 Å². The number of carbonyl (C=O) groups is 1. The van der Waals surface area contributed by atoms with E-state index >= 15 is 0 Å². The molecular weight excluding hydrogens is 523 g/mol. The van der Waals surface area contributed by atoms with E-state index in [0.29, 0.717) is 12.3 Å². The number of benzene rings is 1. The normalized spacial score (nSPS) is 15.6. The van der Waals surface area contributed by atoms with Crippen LogP contribution in [0.25, 0.3) is 0 Å². The van der Waals surface area contributed by atoms with E-state index in [2.05, 4.69) is 35.1 Å². The fourth-order valence-electron chi connectivity index (χ4n) is 3.97. The summed E-state index contributed by atoms with van der Waals surface area (Å²) >= 11 is 1.86. The van der Waals surface area contributed by atoms with E-state index in [4.69, 9.17) is 15.5 Å². The van der Waals surface area contributed by atoms with Gasteiger partial charge >= 0.3 is 0 Å². The molecule has 0 spiro atoms. The number of hydrogen-bond donors (Lipinski definition) is 3. The van der Waals surface area contributed by atoms with Crippen LogP contribution in [0.3, 0.4) is 0 Å². The number of amides is 1. The number of ether oxygens (including phenoxy) is 1. The summed E-state index contributed by atoms with van der Waals surface area (Å²) in [4.78, 5) is 17.2. The molecule has 31 heavy (non-hydrogen) atoms. The minimum Gasteiger partial charge on any atom is -0.484 e. The molecule has 1 aliphatic carbocycles. The van der Waals surface area contributed by atoms with Crippen molar-refractivity contribution >= 4 is 47.2 Å². The number of hydrogen-bond acceptors (Lipinski definition) is 4. The number of primary amides is 1. The summed E-state index contributed by atoms with van der Waals surface area (Å²) in [6, 6.07) is 12.0. The SMILES string of the molecule is CCNC(=NCc1cccc(OCC(N)=O)c1)NCC1(c2cccs2)CCCCC1.I. The molecule has 0 aliphatic heterocycles. The van der Waals surface area contributed by atoms with Crippen molar-refractivity contribution in [1.29, 1.82) is 0 Å². The van der Waals surface area contributed by atoms with E-state index < -0.39 is 5.91 Å². The van der Waals surface area contributed by atoms with Crippen molar-refractivity contribution in [2.75, 3.05) is 19.7 Å². The zero-order valence-electron chi connectivity index (χ0n) is 18.1. The molecule has 0 saturated heterocycles. The predicted molar refractivity (Wildman–Crippen MR) is 138 cm³/mol. The molecule has 1 amide bonds. The van der Waals surface area contributed by atoms with Gasteiger partial charge in [-0.05, 0) is 48.9 Å². The minimum absolute atomic E-state index is 0. The molecule has 2 aromatic rings. The Bertz CT molecular complexity index is 836. The monoisotopic (exact) mass is 556 g/mol. The molecule has 0 bridgehead atoms. The summed E-state index contributed by atoms with van der Waals surface area (Å²) in [6.07, 6.45) is 6.34. The lowest BCUT2D eigenvalue weighted by Gasteiger charge is -2.37. The lowest BCUT2D eigenvalue weighted by molar-refractivity contribution is -0.119. The second kappa shape index (κ2) is 12.9. The maximum absolute atomic E-state index is 10.9. The Morgan fingerprint density at radius 2 is 2.00 bits per heavy atom. The quantitative estimate of drug-likeness (QED) is 0.246. The van der Waals surface area contributed by atoms with Gasteiger partial charge in [0.1, 0.15) is 5.75 Å². The average molecular weight is 557 g/mol. The van der Waals surface area contributed by atoms with Gasteiger partial charge in [-0.15, -0.1) is 35.3 Å². The van der Waals surface area contributed by atoms with Crippen molar-refractivity contribution in [1.82, 2.24) is 10.6 Å². The van der Waals surface area contributed by atoms with Gasteiger partial charge in [0, 0.05) is 23.4 Å². The highest BCUT2D eigenvalue weighted by molar-refractivity contribution is 14.0. The summed E-state index contributed by atoms with van der Waals surface area (Å²) in [7, 11) is 0. The van der Waals surface area contributed by atoms with Crippen molar-refractivity contribution in [2.24, 2.45) is 10.7 Å². The van der Waals surface area contributed by atoms with Crippen molar-refractivity contribution < 1.29 is 9.53 Å². The number of carbonyl (C=O) groups excluding carboxylic acids is 1. The van der Waals surface area contributed by atoms with Crippen LogP contribution >= 0.6 is 35.3 Å². The van der Waals surface area contributed by atoms with E-state index in [9.17, 15) is 4.79 Å². The summed E-state index contributed by atoms with van der Waals surface area (Å²) in [5.74, 6) is 0.959. The summed E-state index contributed by atoms with van der Waals surface area (Å²) in [5.41, 5.74) is 6.36. The Morgan fingerprint density at radius 3 is 2.68 bits per heavy atom. The highest BCUT2D eigenvalue weighted by atomic mass is 127. The molecule has 1 fully saturated rings. The number of nitrogens with one attached hydrogen (secondary N) is 2. The maximum atomic E-state index is 10.9. The number of aliphatic imine (C=N–C) groups is 1. The van der Waals surface area contributed by atoms with E-state index in [1.807, 2.05) is 35.6 Å². The van der Waals surface area contributed by atoms with Gasteiger partial charge in [-0.1, -0.05) is 37.5 Å². The summed E-state index contributed by atoms with van der Waals surface area (Å²) < 4.78 is 5.39. The van der Waals surface area contributed by atoms with Gasteiger partial charge in [-0.3, -0.25) is 4.79 Å². The lowest BCUT2D eigenvalue weighted by Crippen LogP contribution is -2.46. The standard InChI is InChI=1S/C23H32N4O2S.HI/c1-2-25-22(26-15-18-8-6-9-19(14-18)29-16-21(24)28)27-17-23(11-4-3-5-12-23)20-10-7-13-30-20;/h6-10,13-14H,2-5,11-12,15-17H2,1H3,(H2,24,28)(H2,25,26,27);1H. The second-order valence-corrected chi connectivity index (χ2v) is 8.72. The highest BCUT2D eigenvalue weighted by Crippen LogP contribution is 2.41. The molecule has 1 saturated carbocycles. The molecule has 8 heteroatoms. The van der Waals surface area contributed by atoms with Crippen LogP contribution in [0.5, 0.6) is 5.75 Å². The molecule has 1 aromatic heterocycles. The number of nitrogens with zero attached hydrogens (tertiary/aromatic N) is 1. The molecule has 0 unspecified atom stereocenters. The van der Waals surface area contributed by atoms with Gasteiger partial charge in [0.25, 0.3) is 5.91 Å². The topological polar surface area (TPSA) is 88.7 Å². The first-order valence-corrected chi connectivity index (χ1v) is 11.6. The molecule has 1 aromatic carbocycles. The molecule has 1 aliphatic rings. The molecule has 4 N–H and O–H groups in total. The molecule has 170 valence electrons. The maximum Gasteiger partial charge on any atom is 0.255 e. The van der Waals surface area contributed by atoms with Crippen LogP contribution in [0.2, 0.25) is 0 Å². The number of thiophene rings is 1. The first-order valence-electron chi connectivity index (χ1n) is 10.7. The van der Waals surface area contributed by atoms with Crippen LogP contribution in [0.4, 0.5) is 0 Å². The molecule has 6 nitrogen and oxygen atoms in total. The molecule has 1 heterocycles. The van der Waals surface area contributed by atoms with Crippen molar-refractivity contribution in [2.45, 2.75) is 51.0 Å². The van der Waals surface area contributed by atoms with Gasteiger partial charge < -0.3 is 21.1 Å². The van der Waals surface area contributed by atoms with E-state index in [-0.39, 0.29) is 36.0 Å². The van der Waals surface area contributed by atoms with E-state index in [1.165, 1.54) is 37.0 Å². The summed E-state index contributed by atoms with van der Waals surface area (Å²) in [6.45, 7) is 4.17. The summed E-state index contributed by atoms with van der Waals surface area (Å²) in [5, 5.41) is 9.14. The van der Waals surface area contributed by atoms with Crippen LogP contribution < -0.4 is 21.1 Å². The Labute approximate surface area is 206 Å². The average Bonchev–Trinajstić information content (AvgIpc) is 3.31. The Morgan fingerprint density at radius 1 is 1.19 bits per heavy atom. The first-order chi connectivity index (χ1) is 14.6. The lowest BCUT2D eigenvalue weighted by atomic mass is 9.73. The van der Waals surface area contributed by atoms with Gasteiger partial charge in [0.15, 0.2) is 12.6 Å².